The minimum atomic E-state index is -1.40. The van der Waals surface area contributed by atoms with Crippen molar-refractivity contribution in [3.63, 3.8) is 0 Å². The van der Waals surface area contributed by atoms with Crippen molar-refractivity contribution in [2.24, 2.45) is 0 Å². The first-order chi connectivity index (χ1) is 16.0. The standard InChI is InChI=1S/C26H26N2O5/c1-16-2-9-20(26-25(32)24(31)23(30)22(14-29)33-26)11-21(16)10-18-6-3-17(4-7-18)5-8-19-12-27-15-28-13-19/h2-4,6-7,9,11-13,15,22-26,29-32H,10,14H2,1H3/t22-,23-,24+,25-,26+/m1/s1. The number of rotatable bonds is 4. The molecule has 0 unspecified atom stereocenters. The Morgan fingerprint density at radius 3 is 2.27 bits per heavy atom. The lowest BCUT2D eigenvalue weighted by Crippen LogP contribution is -2.55. The molecular weight excluding hydrogens is 420 g/mol. The topological polar surface area (TPSA) is 116 Å². The molecule has 1 aliphatic rings. The van der Waals surface area contributed by atoms with Gasteiger partial charge >= 0.3 is 0 Å². The van der Waals surface area contributed by atoms with Crippen LogP contribution in [0.3, 0.4) is 0 Å². The van der Waals surface area contributed by atoms with E-state index in [2.05, 4.69) is 21.8 Å². The number of aliphatic hydroxyl groups is 4. The first kappa shape index (κ1) is 23.1. The zero-order chi connectivity index (χ0) is 23.4. The van der Waals surface area contributed by atoms with Crippen LogP contribution in [0.1, 0.15) is 39.5 Å². The van der Waals surface area contributed by atoms with Crippen LogP contribution in [-0.4, -0.2) is 61.4 Å². The highest BCUT2D eigenvalue weighted by atomic mass is 16.5. The average molecular weight is 447 g/mol. The van der Waals surface area contributed by atoms with Crippen LogP contribution in [0.2, 0.25) is 0 Å². The fourth-order valence-electron chi connectivity index (χ4n) is 3.87. The van der Waals surface area contributed by atoms with Gasteiger partial charge in [-0.15, -0.1) is 0 Å². The number of hydrogen-bond acceptors (Lipinski definition) is 7. The Hall–Kier alpha value is -3.12. The summed E-state index contributed by atoms with van der Waals surface area (Å²) in [7, 11) is 0. The van der Waals surface area contributed by atoms with Crippen molar-refractivity contribution in [2.45, 2.75) is 43.9 Å². The third kappa shape index (κ3) is 5.28. The summed E-state index contributed by atoms with van der Waals surface area (Å²) < 4.78 is 5.71. The maximum absolute atomic E-state index is 10.5. The Morgan fingerprint density at radius 1 is 0.879 bits per heavy atom. The van der Waals surface area contributed by atoms with Crippen LogP contribution in [0.4, 0.5) is 0 Å². The molecule has 4 N–H and O–H groups in total. The van der Waals surface area contributed by atoms with Gasteiger partial charge in [-0.2, -0.15) is 0 Å². The number of ether oxygens (including phenoxy) is 1. The van der Waals surface area contributed by atoms with Gasteiger partial charge in [-0.25, -0.2) is 9.97 Å². The molecular formula is C26H26N2O5. The van der Waals surface area contributed by atoms with Gasteiger partial charge in [-0.05, 0) is 47.7 Å². The van der Waals surface area contributed by atoms with Gasteiger partial charge in [-0.3, -0.25) is 0 Å². The number of nitrogens with zero attached hydrogens (tertiary/aromatic N) is 2. The Morgan fingerprint density at radius 2 is 1.58 bits per heavy atom. The maximum Gasteiger partial charge on any atom is 0.115 e. The maximum atomic E-state index is 10.5. The number of aliphatic hydroxyl groups excluding tert-OH is 4. The molecule has 2 aromatic carbocycles. The van der Waals surface area contributed by atoms with Gasteiger partial charge in [0.2, 0.25) is 0 Å². The zero-order valence-electron chi connectivity index (χ0n) is 18.2. The molecule has 33 heavy (non-hydrogen) atoms. The third-order valence-electron chi connectivity index (χ3n) is 5.85. The molecule has 0 saturated carbocycles. The second-order valence-electron chi connectivity index (χ2n) is 8.19. The monoisotopic (exact) mass is 446 g/mol. The van der Waals surface area contributed by atoms with E-state index < -0.39 is 37.1 Å². The lowest BCUT2D eigenvalue weighted by atomic mass is 9.89. The lowest BCUT2D eigenvalue weighted by Gasteiger charge is -2.40. The average Bonchev–Trinajstić information content (AvgIpc) is 2.84. The molecule has 1 aromatic heterocycles. The largest absolute Gasteiger partial charge is 0.394 e. The molecule has 1 saturated heterocycles. The molecule has 7 nitrogen and oxygen atoms in total. The van der Waals surface area contributed by atoms with E-state index in [9.17, 15) is 20.4 Å². The molecule has 4 rings (SSSR count). The normalized spacial score (nSPS) is 24.7. The second kappa shape index (κ2) is 10.2. The molecule has 0 radical (unpaired) electrons. The predicted molar refractivity (Wildman–Crippen MR) is 121 cm³/mol. The number of benzene rings is 2. The third-order valence-corrected chi connectivity index (χ3v) is 5.85. The van der Waals surface area contributed by atoms with Gasteiger partial charge in [0.25, 0.3) is 0 Å². The van der Waals surface area contributed by atoms with Crippen molar-refractivity contribution in [1.29, 1.82) is 0 Å². The van der Waals surface area contributed by atoms with Gasteiger partial charge in [0.1, 0.15) is 36.8 Å². The van der Waals surface area contributed by atoms with Crippen molar-refractivity contribution in [1.82, 2.24) is 9.97 Å². The van der Waals surface area contributed by atoms with E-state index >= 15 is 0 Å². The van der Waals surface area contributed by atoms with E-state index in [0.29, 0.717) is 12.0 Å². The van der Waals surface area contributed by atoms with Crippen LogP contribution < -0.4 is 0 Å². The SMILES string of the molecule is Cc1ccc([C@@H]2O[C@H](CO)[C@@H](O)[C@H](O)[C@H]2O)cc1Cc1ccc(C#Cc2cncnc2)cc1. The van der Waals surface area contributed by atoms with Crippen LogP contribution in [0, 0.1) is 18.8 Å². The molecule has 1 fully saturated rings. The number of aromatic nitrogens is 2. The predicted octanol–water partition coefficient (Wildman–Crippen LogP) is 1.29. The van der Waals surface area contributed by atoms with Gasteiger partial charge in [0, 0.05) is 18.0 Å². The Balaban J connectivity index is 1.51. The molecule has 5 atom stereocenters. The van der Waals surface area contributed by atoms with E-state index in [1.807, 2.05) is 49.4 Å². The molecule has 170 valence electrons. The first-order valence-electron chi connectivity index (χ1n) is 10.7. The summed E-state index contributed by atoms with van der Waals surface area (Å²) in [6.45, 7) is 1.56. The smallest absolute Gasteiger partial charge is 0.115 e. The quantitative estimate of drug-likeness (QED) is 0.447. The summed E-state index contributed by atoms with van der Waals surface area (Å²) in [5.41, 5.74) is 5.54. The summed E-state index contributed by atoms with van der Waals surface area (Å²) >= 11 is 0. The Bertz CT molecular complexity index is 1140. The summed E-state index contributed by atoms with van der Waals surface area (Å²) in [5, 5.41) is 40.1. The van der Waals surface area contributed by atoms with Crippen LogP contribution >= 0.6 is 0 Å². The molecule has 2 heterocycles. The summed E-state index contributed by atoms with van der Waals surface area (Å²) in [4.78, 5) is 7.90. The van der Waals surface area contributed by atoms with Crippen molar-refractivity contribution in [3.05, 3.63) is 94.6 Å². The molecule has 0 spiro atoms. The first-order valence-corrected chi connectivity index (χ1v) is 10.7. The summed E-state index contributed by atoms with van der Waals surface area (Å²) in [5.74, 6) is 6.13. The van der Waals surface area contributed by atoms with Crippen molar-refractivity contribution < 1.29 is 25.2 Å². The fraction of sp³-hybridized carbons (Fsp3) is 0.308. The molecule has 0 amide bonds. The van der Waals surface area contributed by atoms with E-state index in [0.717, 1.165) is 27.8 Å². The van der Waals surface area contributed by atoms with Gasteiger partial charge in [-0.1, -0.05) is 42.2 Å². The van der Waals surface area contributed by atoms with E-state index in [4.69, 9.17) is 4.74 Å². The van der Waals surface area contributed by atoms with Crippen LogP contribution in [0.25, 0.3) is 0 Å². The van der Waals surface area contributed by atoms with Crippen LogP contribution in [-0.2, 0) is 11.2 Å². The molecule has 0 bridgehead atoms. The van der Waals surface area contributed by atoms with Crippen molar-refractivity contribution >= 4 is 0 Å². The van der Waals surface area contributed by atoms with Gasteiger partial charge in [0.15, 0.2) is 0 Å². The number of hydrogen-bond donors (Lipinski definition) is 4. The summed E-state index contributed by atoms with van der Waals surface area (Å²) in [6, 6.07) is 13.7. The molecule has 1 aliphatic heterocycles. The lowest BCUT2D eigenvalue weighted by molar-refractivity contribution is -0.231. The fourth-order valence-corrected chi connectivity index (χ4v) is 3.87. The number of aryl methyl sites for hydroxylation is 1. The Kier molecular flexibility index (Phi) is 7.14. The van der Waals surface area contributed by atoms with E-state index in [1.54, 1.807) is 12.4 Å². The highest BCUT2D eigenvalue weighted by Gasteiger charge is 2.43. The van der Waals surface area contributed by atoms with Crippen molar-refractivity contribution in [3.8, 4) is 11.8 Å². The van der Waals surface area contributed by atoms with Crippen LogP contribution in [0.5, 0.6) is 0 Å². The van der Waals surface area contributed by atoms with Crippen molar-refractivity contribution in [2.75, 3.05) is 6.61 Å². The van der Waals surface area contributed by atoms with Gasteiger partial charge in [0.05, 0.1) is 12.2 Å². The molecule has 0 aliphatic carbocycles. The highest BCUT2D eigenvalue weighted by Crippen LogP contribution is 2.33. The summed E-state index contributed by atoms with van der Waals surface area (Å²) in [6.07, 6.45) is -0.394. The second-order valence-corrected chi connectivity index (χ2v) is 8.19. The molecule has 7 heteroatoms. The zero-order valence-corrected chi connectivity index (χ0v) is 18.2. The highest BCUT2D eigenvalue weighted by molar-refractivity contribution is 5.43. The van der Waals surface area contributed by atoms with Crippen LogP contribution in [0.15, 0.2) is 61.2 Å². The van der Waals surface area contributed by atoms with E-state index in [1.165, 1.54) is 6.33 Å². The van der Waals surface area contributed by atoms with Gasteiger partial charge < -0.3 is 25.2 Å². The minimum absolute atomic E-state index is 0.452. The minimum Gasteiger partial charge on any atom is -0.394 e. The Labute approximate surface area is 192 Å². The van der Waals surface area contributed by atoms with E-state index in [-0.39, 0.29) is 0 Å². The molecule has 3 aromatic rings.